The third kappa shape index (κ3) is 3.13. The minimum atomic E-state index is -0.441. The van der Waals surface area contributed by atoms with Crippen molar-refractivity contribution in [2.75, 3.05) is 5.75 Å². The molecule has 1 heterocycles. The number of carbonyl (C=O) groups excluding carboxylic acids is 1. The molecule has 2 N–H and O–H groups in total. The maximum Gasteiger partial charge on any atom is 0.253 e. The fourth-order valence-corrected chi connectivity index (χ4v) is 3.05. The van der Waals surface area contributed by atoms with Crippen molar-refractivity contribution in [2.24, 2.45) is 0 Å². The number of nitrogens with zero attached hydrogens (tertiary/aromatic N) is 2. The zero-order valence-electron chi connectivity index (χ0n) is 11.8. The molecule has 3 aromatic rings. The van der Waals surface area contributed by atoms with Crippen LogP contribution in [-0.4, -0.2) is 26.4 Å². The molecule has 2 aromatic carbocycles. The number of benzene rings is 2. The normalized spacial score (nSPS) is 10.8. The number of thioether (sulfide) groups is 1. The summed E-state index contributed by atoms with van der Waals surface area (Å²) in [6, 6.07) is 18.0. The highest BCUT2D eigenvalue weighted by Crippen LogP contribution is 2.25. The first-order valence-electron chi connectivity index (χ1n) is 6.83. The molecule has 0 atom stereocenters. The van der Waals surface area contributed by atoms with Crippen molar-refractivity contribution in [3.8, 4) is 0 Å². The predicted octanol–water partition coefficient (Wildman–Crippen LogP) is 2.68. The van der Waals surface area contributed by atoms with Crippen molar-refractivity contribution in [1.29, 1.82) is 0 Å². The van der Waals surface area contributed by atoms with Gasteiger partial charge in [-0.05, 0) is 17.7 Å². The van der Waals surface area contributed by atoms with Gasteiger partial charge in [0, 0.05) is 0 Å². The fourth-order valence-electron chi connectivity index (χ4n) is 2.24. The van der Waals surface area contributed by atoms with E-state index in [1.807, 2.05) is 42.5 Å². The van der Waals surface area contributed by atoms with Crippen molar-refractivity contribution >= 4 is 28.7 Å². The summed E-state index contributed by atoms with van der Waals surface area (Å²) in [5, 5.41) is 9.38. The van der Waals surface area contributed by atoms with E-state index in [1.165, 1.54) is 17.3 Å². The molecule has 0 saturated carbocycles. The lowest BCUT2D eigenvalue weighted by Gasteiger charge is -2.08. The van der Waals surface area contributed by atoms with E-state index in [1.54, 1.807) is 5.48 Å². The van der Waals surface area contributed by atoms with E-state index >= 15 is 0 Å². The summed E-state index contributed by atoms with van der Waals surface area (Å²) >= 11 is 1.30. The molecule has 112 valence electrons. The van der Waals surface area contributed by atoms with Crippen LogP contribution in [0.2, 0.25) is 0 Å². The Hall–Kier alpha value is -2.31. The summed E-state index contributed by atoms with van der Waals surface area (Å²) in [6.45, 7) is 0.685. The second-order valence-corrected chi connectivity index (χ2v) is 5.72. The van der Waals surface area contributed by atoms with Crippen LogP contribution in [0.25, 0.3) is 11.0 Å². The molecule has 0 aliphatic carbocycles. The first-order valence-corrected chi connectivity index (χ1v) is 7.81. The van der Waals surface area contributed by atoms with Crippen LogP contribution in [0.15, 0.2) is 59.8 Å². The predicted molar refractivity (Wildman–Crippen MR) is 85.9 cm³/mol. The van der Waals surface area contributed by atoms with Crippen molar-refractivity contribution in [3.63, 3.8) is 0 Å². The van der Waals surface area contributed by atoms with Crippen molar-refractivity contribution in [1.82, 2.24) is 15.0 Å². The van der Waals surface area contributed by atoms with Gasteiger partial charge in [-0.15, -0.1) is 0 Å². The highest BCUT2D eigenvalue weighted by Gasteiger charge is 2.12. The first kappa shape index (κ1) is 14.6. The largest absolute Gasteiger partial charge is 0.314 e. The van der Waals surface area contributed by atoms with Gasteiger partial charge in [0.25, 0.3) is 5.91 Å². The Morgan fingerprint density at radius 1 is 1.14 bits per heavy atom. The lowest BCUT2D eigenvalue weighted by molar-refractivity contribution is -0.126. The molecule has 0 bridgehead atoms. The number of rotatable bonds is 5. The Kier molecular flexibility index (Phi) is 4.41. The maximum atomic E-state index is 11.3. The second kappa shape index (κ2) is 6.64. The van der Waals surface area contributed by atoms with E-state index in [0.717, 1.165) is 16.2 Å². The van der Waals surface area contributed by atoms with Gasteiger partial charge < -0.3 is 4.57 Å². The molecule has 0 fully saturated rings. The highest BCUT2D eigenvalue weighted by molar-refractivity contribution is 7.99. The van der Waals surface area contributed by atoms with Crippen LogP contribution >= 0.6 is 11.8 Å². The van der Waals surface area contributed by atoms with Gasteiger partial charge >= 0.3 is 0 Å². The van der Waals surface area contributed by atoms with Crippen LogP contribution in [-0.2, 0) is 11.3 Å². The molecule has 0 spiro atoms. The maximum absolute atomic E-state index is 11.3. The lowest BCUT2D eigenvalue weighted by atomic mass is 10.2. The number of nitrogens with one attached hydrogen (secondary N) is 1. The Morgan fingerprint density at radius 2 is 1.86 bits per heavy atom. The molecule has 22 heavy (non-hydrogen) atoms. The van der Waals surface area contributed by atoms with Gasteiger partial charge in [-0.25, -0.2) is 10.5 Å². The van der Waals surface area contributed by atoms with Gasteiger partial charge in [-0.1, -0.05) is 54.2 Å². The lowest BCUT2D eigenvalue weighted by Crippen LogP contribution is -2.20. The molecule has 0 aliphatic rings. The number of aromatic nitrogens is 2. The molecule has 6 heteroatoms. The molecule has 3 rings (SSSR count). The SMILES string of the molecule is O=C(CSc1nc2ccccc2n1Cc1ccccc1)NO. The van der Waals surface area contributed by atoms with Crippen LogP contribution < -0.4 is 5.48 Å². The number of imidazole rings is 1. The van der Waals surface area contributed by atoms with Crippen LogP contribution in [0.3, 0.4) is 0 Å². The average Bonchev–Trinajstić information content (AvgIpc) is 2.91. The van der Waals surface area contributed by atoms with Gasteiger partial charge in [0.15, 0.2) is 5.16 Å². The molecule has 0 aliphatic heterocycles. The minimum Gasteiger partial charge on any atom is -0.314 e. The first-order chi connectivity index (χ1) is 10.8. The van der Waals surface area contributed by atoms with E-state index < -0.39 is 5.91 Å². The van der Waals surface area contributed by atoms with Crippen molar-refractivity contribution in [3.05, 3.63) is 60.2 Å². The summed E-state index contributed by atoms with van der Waals surface area (Å²) in [4.78, 5) is 15.8. The van der Waals surface area contributed by atoms with Crippen molar-refractivity contribution < 1.29 is 10.0 Å². The summed E-state index contributed by atoms with van der Waals surface area (Å²) in [5.41, 5.74) is 4.73. The van der Waals surface area contributed by atoms with E-state index in [9.17, 15) is 4.79 Å². The molecule has 0 radical (unpaired) electrons. The average molecular weight is 313 g/mol. The van der Waals surface area contributed by atoms with E-state index in [0.29, 0.717) is 6.54 Å². The molecule has 0 saturated heterocycles. The zero-order valence-corrected chi connectivity index (χ0v) is 12.6. The van der Waals surface area contributed by atoms with Crippen LogP contribution in [0, 0.1) is 0 Å². The van der Waals surface area contributed by atoms with Gasteiger partial charge in [-0.2, -0.15) is 0 Å². The number of para-hydroxylation sites is 2. The smallest absolute Gasteiger partial charge is 0.253 e. The number of hydrogen-bond donors (Lipinski definition) is 2. The van der Waals surface area contributed by atoms with E-state index in [-0.39, 0.29) is 5.75 Å². The summed E-state index contributed by atoms with van der Waals surface area (Å²) < 4.78 is 2.08. The van der Waals surface area contributed by atoms with Crippen LogP contribution in [0.4, 0.5) is 0 Å². The molecular weight excluding hydrogens is 298 g/mol. The number of hydrogen-bond acceptors (Lipinski definition) is 4. The monoisotopic (exact) mass is 313 g/mol. The number of amides is 1. The Morgan fingerprint density at radius 3 is 2.64 bits per heavy atom. The van der Waals surface area contributed by atoms with E-state index in [4.69, 9.17) is 5.21 Å². The molecular formula is C16H15N3O2S. The molecule has 0 unspecified atom stereocenters. The highest BCUT2D eigenvalue weighted by atomic mass is 32.2. The van der Waals surface area contributed by atoms with Crippen LogP contribution in [0.1, 0.15) is 5.56 Å². The number of hydroxylamine groups is 1. The third-order valence-corrected chi connectivity index (χ3v) is 4.24. The Labute approximate surface area is 131 Å². The van der Waals surface area contributed by atoms with E-state index in [2.05, 4.69) is 21.7 Å². The molecule has 5 nitrogen and oxygen atoms in total. The van der Waals surface area contributed by atoms with Gasteiger partial charge in [0.05, 0.1) is 23.3 Å². The second-order valence-electron chi connectivity index (χ2n) is 4.78. The molecule has 1 aromatic heterocycles. The topological polar surface area (TPSA) is 67.2 Å². The number of fused-ring (bicyclic) bond motifs is 1. The summed E-state index contributed by atoms with van der Waals surface area (Å²) in [6.07, 6.45) is 0. The molecule has 1 amide bonds. The van der Waals surface area contributed by atoms with Crippen molar-refractivity contribution in [2.45, 2.75) is 11.7 Å². The minimum absolute atomic E-state index is 0.120. The Balaban J connectivity index is 1.95. The van der Waals surface area contributed by atoms with Gasteiger partial charge in [0.1, 0.15) is 0 Å². The fraction of sp³-hybridized carbons (Fsp3) is 0.125. The standard InChI is InChI=1S/C16H15N3O2S/c20-15(18-21)11-22-16-17-13-8-4-5-9-14(13)19(16)10-12-6-2-1-3-7-12/h1-9,21H,10-11H2,(H,18,20). The quantitative estimate of drug-likeness (QED) is 0.432. The third-order valence-electron chi connectivity index (χ3n) is 3.26. The van der Waals surface area contributed by atoms with Gasteiger partial charge in [-0.3, -0.25) is 10.0 Å². The summed E-state index contributed by atoms with van der Waals surface area (Å²) in [5.74, 6) is -0.322. The summed E-state index contributed by atoms with van der Waals surface area (Å²) in [7, 11) is 0. The van der Waals surface area contributed by atoms with Crippen LogP contribution in [0.5, 0.6) is 0 Å². The number of carbonyl (C=O) groups is 1. The Bertz CT molecular complexity index is 786. The zero-order chi connectivity index (χ0) is 15.4. The van der Waals surface area contributed by atoms with Gasteiger partial charge in [0.2, 0.25) is 0 Å².